The van der Waals surface area contributed by atoms with Gasteiger partial charge >= 0.3 is 0 Å². The average Bonchev–Trinajstić information content (AvgIpc) is 2.92. The van der Waals surface area contributed by atoms with Crippen LogP contribution >= 0.6 is 0 Å². The molecule has 0 aliphatic carbocycles. The SMILES string of the molecule is CN1CC[C@H](c2cc(=O)[nH]o2)C[C@H]1Cc1ccc(F)c(F)c1. The van der Waals surface area contributed by atoms with Gasteiger partial charge in [0.15, 0.2) is 11.6 Å². The summed E-state index contributed by atoms with van der Waals surface area (Å²) < 4.78 is 31.5. The molecule has 0 amide bonds. The first-order valence-electron chi connectivity index (χ1n) is 7.35. The van der Waals surface area contributed by atoms with Gasteiger partial charge in [0.05, 0.1) is 0 Å². The van der Waals surface area contributed by atoms with Crippen molar-refractivity contribution in [3.63, 3.8) is 0 Å². The molecule has 2 heterocycles. The second-order valence-corrected chi connectivity index (χ2v) is 5.92. The highest BCUT2D eigenvalue weighted by atomic mass is 19.2. The predicted molar refractivity (Wildman–Crippen MR) is 77.8 cm³/mol. The van der Waals surface area contributed by atoms with Crippen molar-refractivity contribution in [1.29, 1.82) is 0 Å². The highest BCUT2D eigenvalue weighted by molar-refractivity contribution is 5.19. The molecule has 2 atom stereocenters. The van der Waals surface area contributed by atoms with Crippen LogP contribution in [0.15, 0.2) is 33.6 Å². The Labute approximate surface area is 126 Å². The number of hydrogen-bond donors (Lipinski definition) is 1. The summed E-state index contributed by atoms with van der Waals surface area (Å²) in [4.78, 5) is 13.4. The molecular formula is C16H18F2N2O2. The molecule has 6 heteroatoms. The molecule has 1 N–H and O–H groups in total. The zero-order valence-electron chi connectivity index (χ0n) is 12.3. The standard InChI is InChI=1S/C16H18F2N2O2/c1-20-5-4-11(15-9-16(21)19-22-15)8-12(20)6-10-2-3-13(17)14(18)7-10/h2-3,7,9,11-12H,4-6,8H2,1H3,(H,19,21)/t11-,12+/m0/s1. The minimum Gasteiger partial charge on any atom is -0.383 e. The van der Waals surface area contributed by atoms with E-state index in [1.807, 2.05) is 7.05 Å². The Balaban J connectivity index is 1.73. The number of piperidine rings is 1. The van der Waals surface area contributed by atoms with Gasteiger partial charge in [0.2, 0.25) is 0 Å². The molecule has 118 valence electrons. The smallest absolute Gasteiger partial charge is 0.280 e. The summed E-state index contributed by atoms with van der Waals surface area (Å²) in [5.74, 6) is -0.796. The van der Waals surface area contributed by atoms with Crippen molar-refractivity contribution in [2.75, 3.05) is 13.6 Å². The molecule has 4 nitrogen and oxygen atoms in total. The maximum Gasteiger partial charge on any atom is 0.280 e. The molecule has 0 spiro atoms. The van der Waals surface area contributed by atoms with Crippen molar-refractivity contribution >= 4 is 0 Å². The van der Waals surface area contributed by atoms with Crippen molar-refractivity contribution in [3.05, 3.63) is 57.6 Å². The number of hydrogen-bond acceptors (Lipinski definition) is 3. The number of benzene rings is 1. The summed E-state index contributed by atoms with van der Waals surface area (Å²) >= 11 is 0. The molecule has 1 aromatic heterocycles. The molecule has 0 bridgehead atoms. The molecule has 3 rings (SSSR count). The molecular weight excluding hydrogens is 290 g/mol. The zero-order chi connectivity index (χ0) is 15.7. The van der Waals surface area contributed by atoms with Crippen molar-refractivity contribution < 1.29 is 13.3 Å². The Hall–Kier alpha value is -1.95. The number of halogens is 2. The molecule has 0 unspecified atom stereocenters. The van der Waals surface area contributed by atoms with Gasteiger partial charge in [-0.05, 0) is 50.6 Å². The number of rotatable bonds is 3. The van der Waals surface area contributed by atoms with Gasteiger partial charge in [0, 0.05) is 18.0 Å². The van der Waals surface area contributed by atoms with Crippen LogP contribution in [0.4, 0.5) is 8.78 Å². The van der Waals surface area contributed by atoms with Crippen molar-refractivity contribution in [3.8, 4) is 0 Å². The Bertz CT molecular complexity index is 710. The molecule has 1 aliphatic heterocycles. The lowest BCUT2D eigenvalue weighted by Gasteiger charge is -2.36. The van der Waals surface area contributed by atoms with E-state index in [1.165, 1.54) is 12.1 Å². The van der Waals surface area contributed by atoms with E-state index >= 15 is 0 Å². The van der Waals surface area contributed by atoms with E-state index in [0.29, 0.717) is 12.2 Å². The number of aromatic amines is 1. The number of likely N-dealkylation sites (N-methyl/N-ethyl adjacent to an activating group) is 1. The highest BCUT2D eigenvalue weighted by Gasteiger charge is 2.29. The van der Waals surface area contributed by atoms with Crippen LogP contribution in [0.3, 0.4) is 0 Å². The average molecular weight is 308 g/mol. The second-order valence-electron chi connectivity index (χ2n) is 5.92. The second kappa shape index (κ2) is 6.04. The van der Waals surface area contributed by atoms with Crippen molar-refractivity contribution in [2.45, 2.75) is 31.2 Å². The quantitative estimate of drug-likeness (QED) is 0.948. The van der Waals surface area contributed by atoms with E-state index < -0.39 is 11.6 Å². The summed E-state index contributed by atoms with van der Waals surface area (Å²) in [7, 11) is 2.02. The van der Waals surface area contributed by atoms with Crippen LogP contribution in [-0.4, -0.2) is 29.7 Å². The van der Waals surface area contributed by atoms with Crippen LogP contribution in [0, 0.1) is 11.6 Å². The highest BCUT2D eigenvalue weighted by Crippen LogP contribution is 2.31. The maximum absolute atomic E-state index is 13.3. The summed E-state index contributed by atoms with van der Waals surface area (Å²) in [6, 6.07) is 5.72. The van der Waals surface area contributed by atoms with Crippen molar-refractivity contribution in [1.82, 2.24) is 10.1 Å². The Morgan fingerprint density at radius 3 is 2.82 bits per heavy atom. The lowest BCUT2D eigenvalue weighted by atomic mass is 9.86. The molecule has 1 aliphatic rings. The largest absolute Gasteiger partial charge is 0.383 e. The first-order valence-corrected chi connectivity index (χ1v) is 7.35. The summed E-state index contributed by atoms with van der Waals surface area (Å²) in [6.45, 7) is 0.869. The minimum atomic E-state index is -0.826. The molecule has 2 aromatic rings. The van der Waals surface area contributed by atoms with E-state index in [2.05, 4.69) is 10.1 Å². The molecule has 22 heavy (non-hydrogen) atoms. The van der Waals surface area contributed by atoms with E-state index in [-0.39, 0.29) is 17.5 Å². The van der Waals surface area contributed by atoms with Gasteiger partial charge in [-0.2, -0.15) is 5.16 Å². The summed E-state index contributed by atoms with van der Waals surface area (Å²) in [5.41, 5.74) is 0.540. The molecule has 1 fully saturated rings. The number of aromatic nitrogens is 1. The van der Waals surface area contributed by atoms with Gasteiger partial charge in [0.1, 0.15) is 5.76 Å². The third kappa shape index (κ3) is 3.11. The fourth-order valence-corrected chi connectivity index (χ4v) is 3.10. The van der Waals surface area contributed by atoms with Crippen LogP contribution in [0.2, 0.25) is 0 Å². The van der Waals surface area contributed by atoms with Gasteiger partial charge in [-0.15, -0.1) is 0 Å². The van der Waals surface area contributed by atoms with E-state index in [1.54, 1.807) is 6.07 Å². The number of H-pyrrole nitrogens is 1. The van der Waals surface area contributed by atoms with E-state index in [0.717, 1.165) is 31.0 Å². The van der Waals surface area contributed by atoms with Gasteiger partial charge in [-0.25, -0.2) is 8.78 Å². The third-order valence-electron chi connectivity index (χ3n) is 4.41. The van der Waals surface area contributed by atoms with Gasteiger partial charge < -0.3 is 9.42 Å². The van der Waals surface area contributed by atoms with Crippen LogP contribution in [-0.2, 0) is 6.42 Å². The Morgan fingerprint density at radius 1 is 1.32 bits per heavy atom. The van der Waals surface area contributed by atoms with Gasteiger partial charge in [-0.1, -0.05) is 6.07 Å². The monoisotopic (exact) mass is 308 g/mol. The van der Waals surface area contributed by atoms with Gasteiger partial charge in [-0.3, -0.25) is 4.79 Å². The van der Waals surface area contributed by atoms with Crippen LogP contribution < -0.4 is 5.56 Å². The Morgan fingerprint density at radius 2 is 2.14 bits per heavy atom. The number of likely N-dealkylation sites (tertiary alicyclic amines) is 1. The lowest BCUT2D eigenvalue weighted by molar-refractivity contribution is 0.155. The third-order valence-corrected chi connectivity index (χ3v) is 4.41. The van der Waals surface area contributed by atoms with Gasteiger partial charge in [0.25, 0.3) is 5.56 Å². The van der Waals surface area contributed by atoms with Crippen molar-refractivity contribution in [2.24, 2.45) is 0 Å². The number of nitrogens with zero attached hydrogens (tertiary/aromatic N) is 1. The fourth-order valence-electron chi connectivity index (χ4n) is 3.10. The van der Waals surface area contributed by atoms with E-state index in [9.17, 15) is 13.6 Å². The zero-order valence-corrected chi connectivity index (χ0v) is 12.3. The molecule has 0 radical (unpaired) electrons. The lowest BCUT2D eigenvalue weighted by Crippen LogP contribution is -2.40. The maximum atomic E-state index is 13.3. The normalized spacial score (nSPS) is 22.9. The fraction of sp³-hybridized carbons (Fsp3) is 0.438. The summed E-state index contributed by atoms with van der Waals surface area (Å²) in [5, 5.41) is 2.32. The first kappa shape index (κ1) is 15.0. The summed E-state index contributed by atoms with van der Waals surface area (Å²) in [6.07, 6.45) is 2.36. The topological polar surface area (TPSA) is 49.2 Å². The van der Waals surface area contributed by atoms with E-state index in [4.69, 9.17) is 4.52 Å². The number of nitrogens with one attached hydrogen (secondary N) is 1. The Kier molecular flexibility index (Phi) is 4.11. The van der Waals surface area contributed by atoms with Crippen LogP contribution in [0.25, 0.3) is 0 Å². The molecule has 1 aromatic carbocycles. The molecule has 0 saturated carbocycles. The first-order chi connectivity index (χ1) is 10.5. The van der Waals surface area contributed by atoms with Crippen LogP contribution in [0.5, 0.6) is 0 Å². The minimum absolute atomic E-state index is 0.172. The predicted octanol–water partition coefficient (Wildman–Crippen LogP) is 2.67. The van der Waals surface area contributed by atoms with Crippen LogP contribution in [0.1, 0.15) is 30.1 Å². The molecule has 1 saturated heterocycles.